The maximum Gasteiger partial charge on any atom is 0.316 e. The van der Waals surface area contributed by atoms with E-state index in [4.69, 9.17) is 4.89 Å². The van der Waals surface area contributed by atoms with Crippen LogP contribution in [-0.2, 0) is 28.5 Å². The van der Waals surface area contributed by atoms with E-state index < -0.39 is 8.25 Å². The molecule has 30 heavy (non-hydrogen) atoms. The van der Waals surface area contributed by atoms with Gasteiger partial charge in [-0.15, -0.1) is 0 Å². The first-order valence-corrected chi connectivity index (χ1v) is 12.3. The lowest BCUT2D eigenvalue weighted by molar-refractivity contribution is 0.276. The Morgan fingerprint density at radius 2 is 1.67 bits per heavy atom. The molecule has 0 aromatic heterocycles. The van der Waals surface area contributed by atoms with Crippen LogP contribution in [0.2, 0.25) is 0 Å². The summed E-state index contributed by atoms with van der Waals surface area (Å²) in [5.74, 6) is -0.399. The van der Waals surface area contributed by atoms with Gasteiger partial charge in [0.05, 0.1) is 6.61 Å². The summed E-state index contributed by atoms with van der Waals surface area (Å²) >= 11 is 3.52. The summed E-state index contributed by atoms with van der Waals surface area (Å²) in [6.07, 6.45) is 6.32. The van der Waals surface area contributed by atoms with Gasteiger partial charge in [-0.3, -0.25) is 4.57 Å². The van der Waals surface area contributed by atoms with Crippen LogP contribution in [0.15, 0.2) is 40.9 Å². The Morgan fingerprint density at radius 1 is 0.967 bits per heavy atom. The molecule has 166 valence electrons. The molecule has 0 aliphatic carbocycles. The molecule has 0 aliphatic heterocycles. The van der Waals surface area contributed by atoms with Crippen LogP contribution < -0.4 is 5.32 Å². The largest absolute Gasteiger partial charge is 0.326 e. The Labute approximate surface area is 186 Å². The van der Waals surface area contributed by atoms with Crippen molar-refractivity contribution in [1.29, 1.82) is 0 Å². The maximum atomic E-state index is 14.4. The third-order valence-electron chi connectivity index (χ3n) is 4.83. The Bertz CT molecular complexity index is 806. The molecule has 2 aromatic rings. The highest BCUT2D eigenvalue weighted by atomic mass is 79.9. The van der Waals surface area contributed by atoms with Crippen molar-refractivity contribution in [1.82, 2.24) is 5.32 Å². The van der Waals surface area contributed by atoms with Crippen molar-refractivity contribution in [2.45, 2.75) is 51.5 Å². The third-order valence-corrected chi connectivity index (χ3v) is 6.02. The number of benzene rings is 2. The number of hydrogen-bond donors (Lipinski definition) is 2. The number of nitrogens with one attached hydrogen (secondary N) is 1. The van der Waals surface area contributed by atoms with Gasteiger partial charge >= 0.3 is 8.25 Å². The van der Waals surface area contributed by atoms with Crippen molar-refractivity contribution in [3.05, 3.63) is 69.2 Å². The summed E-state index contributed by atoms with van der Waals surface area (Å²) < 4.78 is 43.3. The maximum absolute atomic E-state index is 14.4. The van der Waals surface area contributed by atoms with Crippen LogP contribution in [0.3, 0.4) is 0 Å². The molecule has 1 atom stereocenters. The summed E-state index contributed by atoms with van der Waals surface area (Å²) in [7, 11) is -2.86. The van der Waals surface area contributed by atoms with Gasteiger partial charge in [-0.2, -0.15) is 0 Å². The van der Waals surface area contributed by atoms with Gasteiger partial charge in [0.2, 0.25) is 0 Å². The minimum atomic E-state index is -2.86. The summed E-state index contributed by atoms with van der Waals surface area (Å²) in [6.45, 7) is 1.35. The molecule has 0 fully saturated rings. The van der Waals surface area contributed by atoms with Crippen molar-refractivity contribution < 1.29 is 22.8 Å². The molecule has 0 aliphatic rings. The molecule has 0 radical (unpaired) electrons. The van der Waals surface area contributed by atoms with Gasteiger partial charge in [0.25, 0.3) is 0 Å². The predicted octanol–water partition coefficient (Wildman–Crippen LogP) is 5.95. The van der Waals surface area contributed by atoms with Gasteiger partial charge in [-0.1, -0.05) is 40.9 Å². The van der Waals surface area contributed by atoms with Gasteiger partial charge < -0.3 is 14.7 Å². The molecular formula is C22H29BrF2NO3P. The topological polar surface area (TPSA) is 58.6 Å². The number of halogens is 3. The summed E-state index contributed by atoms with van der Waals surface area (Å²) in [6, 6.07) is 10.0. The van der Waals surface area contributed by atoms with Crippen molar-refractivity contribution in [2.24, 2.45) is 0 Å². The number of aryl methyl sites for hydroxylation is 2. The van der Waals surface area contributed by atoms with Crippen molar-refractivity contribution in [3.8, 4) is 0 Å². The standard InChI is InChI=1S/C22H29BrF2NO3P/c23-21-14-18(7-4-2-1-3-6-17-8-10-20(24)11-9-17)22(25)15-19(21)16-26-12-5-13-29-30(27)28/h8-11,14-15,26,30H,1-7,12-13,16H2,(H,27,28). The fraction of sp³-hybridized carbons (Fsp3) is 0.455. The highest BCUT2D eigenvalue weighted by Gasteiger charge is 2.08. The Morgan fingerprint density at radius 3 is 2.37 bits per heavy atom. The van der Waals surface area contributed by atoms with E-state index >= 15 is 0 Å². The fourth-order valence-corrected chi connectivity index (χ4v) is 4.04. The SMILES string of the molecule is O=[PH](O)OCCCNCc1cc(F)c(CCCCCCc2ccc(F)cc2)cc1Br. The molecule has 0 heterocycles. The molecule has 0 spiro atoms. The highest BCUT2D eigenvalue weighted by molar-refractivity contribution is 9.10. The summed E-state index contributed by atoms with van der Waals surface area (Å²) in [5.41, 5.74) is 2.70. The monoisotopic (exact) mass is 503 g/mol. The van der Waals surface area contributed by atoms with Crippen molar-refractivity contribution >= 4 is 24.2 Å². The Kier molecular flexibility index (Phi) is 11.8. The van der Waals surface area contributed by atoms with E-state index in [1.54, 1.807) is 6.07 Å². The lowest BCUT2D eigenvalue weighted by atomic mass is 10.0. The van der Waals surface area contributed by atoms with Gasteiger partial charge in [0, 0.05) is 11.0 Å². The molecule has 8 heteroatoms. The van der Waals surface area contributed by atoms with Crippen LogP contribution in [0.1, 0.15) is 48.8 Å². The zero-order valence-corrected chi connectivity index (χ0v) is 19.5. The minimum Gasteiger partial charge on any atom is -0.326 e. The summed E-state index contributed by atoms with van der Waals surface area (Å²) in [5, 5.41) is 3.18. The van der Waals surface area contributed by atoms with Gasteiger partial charge in [0.1, 0.15) is 11.6 Å². The fourth-order valence-electron chi connectivity index (χ4n) is 3.19. The average molecular weight is 504 g/mol. The average Bonchev–Trinajstić information content (AvgIpc) is 2.71. The van der Waals surface area contributed by atoms with Crippen LogP contribution in [0, 0.1) is 11.6 Å². The second-order valence-corrected chi connectivity index (χ2v) is 8.90. The van der Waals surface area contributed by atoms with E-state index in [-0.39, 0.29) is 18.2 Å². The molecule has 2 rings (SSSR count). The van der Waals surface area contributed by atoms with Crippen LogP contribution in [0.5, 0.6) is 0 Å². The van der Waals surface area contributed by atoms with E-state index in [1.165, 1.54) is 12.1 Å². The minimum absolute atomic E-state index is 0.191. The molecule has 2 N–H and O–H groups in total. The lowest BCUT2D eigenvalue weighted by Gasteiger charge is -2.11. The molecule has 0 bridgehead atoms. The van der Waals surface area contributed by atoms with E-state index in [9.17, 15) is 13.3 Å². The van der Waals surface area contributed by atoms with Crippen LogP contribution >= 0.6 is 24.2 Å². The molecular weight excluding hydrogens is 475 g/mol. The van der Waals surface area contributed by atoms with Crippen LogP contribution in [0.25, 0.3) is 0 Å². The quantitative estimate of drug-likeness (QED) is 0.247. The smallest absolute Gasteiger partial charge is 0.316 e. The van der Waals surface area contributed by atoms with Crippen LogP contribution in [0.4, 0.5) is 8.78 Å². The number of rotatable bonds is 14. The van der Waals surface area contributed by atoms with Crippen molar-refractivity contribution in [2.75, 3.05) is 13.2 Å². The number of hydrogen-bond acceptors (Lipinski definition) is 3. The second kappa shape index (κ2) is 14.0. The zero-order chi connectivity index (χ0) is 21.8. The molecule has 1 unspecified atom stereocenters. The van der Waals surface area contributed by atoms with E-state index in [2.05, 4.69) is 25.8 Å². The molecule has 0 saturated heterocycles. The van der Waals surface area contributed by atoms with E-state index in [1.807, 2.05) is 18.2 Å². The normalized spacial score (nSPS) is 12.3. The van der Waals surface area contributed by atoms with Gasteiger partial charge in [0.15, 0.2) is 0 Å². The Balaban J connectivity index is 1.65. The first-order valence-electron chi connectivity index (χ1n) is 10.2. The molecule has 0 saturated carbocycles. The summed E-state index contributed by atoms with van der Waals surface area (Å²) in [4.78, 5) is 8.58. The molecule has 0 amide bonds. The van der Waals surface area contributed by atoms with Crippen LogP contribution in [-0.4, -0.2) is 18.0 Å². The zero-order valence-electron chi connectivity index (χ0n) is 16.9. The van der Waals surface area contributed by atoms with Crippen molar-refractivity contribution in [3.63, 3.8) is 0 Å². The van der Waals surface area contributed by atoms with Gasteiger partial charge in [-0.25, -0.2) is 8.78 Å². The lowest BCUT2D eigenvalue weighted by Crippen LogP contribution is -2.16. The highest BCUT2D eigenvalue weighted by Crippen LogP contribution is 2.23. The number of unbranched alkanes of at least 4 members (excludes halogenated alkanes) is 3. The second-order valence-electron chi connectivity index (χ2n) is 7.22. The molecule has 4 nitrogen and oxygen atoms in total. The Hall–Kier alpha value is -1.11. The third kappa shape index (κ3) is 9.80. The predicted molar refractivity (Wildman–Crippen MR) is 120 cm³/mol. The first kappa shape index (κ1) is 25.2. The first-order chi connectivity index (χ1) is 14.5. The molecule has 2 aromatic carbocycles. The van der Waals surface area contributed by atoms with Gasteiger partial charge in [-0.05, 0) is 79.6 Å². The van der Waals surface area contributed by atoms with E-state index in [0.29, 0.717) is 31.5 Å². The van der Waals surface area contributed by atoms with E-state index in [0.717, 1.165) is 47.7 Å².